The van der Waals surface area contributed by atoms with E-state index in [4.69, 9.17) is 9.47 Å². The fraction of sp³-hybridized carbons (Fsp3) is 0.619. The summed E-state index contributed by atoms with van der Waals surface area (Å²) in [5.74, 6) is 0. The van der Waals surface area contributed by atoms with E-state index in [9.17, 15) is 32.5 Å². The van der Waals surface area contributed by atoms with Crippen molar-refractivity contribution in [3.63, 3.8) is 0 Å². The molecule has 0 unspecified atom stereocenters. The molecule has 0 bridgehead atoms. The number of hydrogen-bond acceptors (Lipinski definition) is 8. The van der Waals surface area contributed by atoms with Gasteiger partial charge in [-0.25, -0.2) is 22.4 Å². The standard InChI is InChI=1S/C21H30FN3O8S/c1-20(2,3)32-18(26)23-12-14(22)11-15(23)13-24(19(27)33-21(4,5)6)34(30,31)17-10-8-7-9-16(17)25(28)29/h7-10,14-15H,11-13H2,1-6H3/t14-,15+/m1/s1. The van der Waals surface area contributed by atoms with Gasteiger partial charge in [0.15, 0.2) is 4.90 Å². The van der Waals surface area contributed by atoms with Gasteiger partial charge in [0.05, 0.1) is 24.1 Å². The number of nitro groups is 1. The normalized spacial score (nSPS) is 19.0. The quantitative estimate of drug-likeness (QED) is 0.436. The van der Waals surface area contributed by atoms with E-state index >= 15 is 0 Å². The van der Waals surface area contributed by atoms with Crippen molar-refractivity contribution >= 4 is 27.9 Å². The highest BCUT2D eigenvalue weighted by molar-refractivity contribution is 7.89. The minimum Gasteiger partial charge on any atom is -0.444 e. The van der Waals surface area contributed by atoms with E-state index in [1.807, 2.05) is 0 Å². The lowest BCUT2D eigenvalue weighted by atomic mass is 10.2. The van der Waals surface area contributed by atoms with Crippen LogP contribution in [0.4, 0.5) is 19.7 Å². The third-order valence-electron chi connectivity index (χ3n) is 4.60. The van der Waals surface area contributed by atoms with E-state index in [2.05, 4.69) is 0 Å². The van der Waals surface area contributed by atoms with E-state index in [0.29, 0.717) is 4.31 Å². The number of likely N-dealkylation sites (tertiary alicyclic amines) is 1. The van der Waals surface area contributed by atoms with E-state index in [-0.39, 0.29) is 13.0 Å². The number of para-hydroxylation sites is 1. The molecule has 1 aliphatic heterocycles. The number of nitro benzene ring substituents is 1. The van der Waals surface area contributed by atoms with Gasteiger partial charge in [-0.1, -0.05) is 12.1 Å². The van der Waals surface area contributed by atoms with Gasteiger partial charge in [0.2, 0.25) is 0 Å². The molecule has 2 amide bonds. The molecule has 0 spiro atoms. The van der Waals surface area contributed by atoms with Crippen molar-refractivity contribution in [2.45, 2.75) is 76.3 Å². The highest BCUT2D eigenvalue weighted by Crippen LogP contribution is 2.30. The molecule has 1 fully saturated rings. The minimum absolute atomic E-state index is 0.259. The van der Waals surface area contributed by atoms with Crippen LogP contribution in [0.15, 0.2) is 29.2 Å². The number of amides is 2. The van der Waals surface area contributed by atoms with Gasteiger partial charge in [0.1, 0.15) is 17.4 Å². The predicted molar refractivity (Wildman–Crippen MR) is 119 cm³/mol. The number of hydrogen-bond donors (Lipinski definition) is 0. The summed E-state index contributed by atoms with van der Waals surface area (Å²) in [6.07, 6.45) is -3.92. The molecule has 1 heterocycles. The topological polar surface area (TPSA) is 136 Å². The Labute approximate surface area is 198 Å². The van der Waals surface area contributed by atoms with Crippen molar-refractivity contribution in [2.24, 2.45) is 0 Å². The number of nitrogens with zero attached hydrogens (tertiary/aromatic N) is 3. The SMILES string of the molecule is CC(C)(C)OC(=O)N1C[C@H](F)C[C@H]1CN(C(=O)OC(C)(C)C)S(=O)(=O)c1ccccc1[N+](=O)[O-]. The third-order valence-corrected chi connectivity index (χ3v) is 6.37. The van der Waals surface area contributed by atoms with Crippen molar-refractivity contribution < 1.29 is 36.8 Å². The smallest absolute Gasteiger partial charge is 0.424 e. The minimum atomic E-state index is -4.82. The Morgan fingerprint density at radius 1 is 1.15 bits per heavy atom. The fourth-order valence-electron chi connectivity index (χ4n) is 3.30. The van der Waals surface area contributed by atoms with Crippen LogP contribution in [0.3, 0.4) is 0 Å². The summed E-state index contributed by atoms with van der Waals surface area (Å²) in [6.45, 7) is 8.37. The number of carbonyl (C=O) groups is 2. The van der Waals surface area contributed by atoms with E-state index < -0.39 is 67.7 Å². The van der Waals surface area contributed by atoms with Crippen molar-refractivity contribution in [2.75, 3.05) is 13.1 Å². The predicted octanol–water partition coefficient (Wildman–Crippen LogP) is 3.87. The van der Waals surface area contributed by atoms with E-state index in [1.54, 1.807) is 20.8 Å². The maximum Gasteiger partial charge on any atom is 0.424 e. The Morgan fingerprint density at radius 3 is 2.24 bits per heavy atom. The third kappa shape index (κ3) is 6.78. The molecule has 0 radical (unpaired) electrons. The number of halogens is 1. The summed E-state index contributed by atoms with van der Waals surface area (Å²) >= 11 is 0. The summed E-state index contributed by atoms with van der Waals surface area (Å²) in [5, 5.41) is 11.4. The van der Waals surface area contributed by atoms with Crippen LogP contribution >= 0.6 is 0 Å². The lowest BCUT2D eigenvalue weighted by Gasteiger charge is -2.32. The van der Waals surface area contributed by atoms with Crippen molar-refractivity contribution in [1.29, 1.82) is 0 Å². The number of rotatable bonds is 5. The summed E-state index contributed by atoms with van der Waals surface area (Å²) in [5.41, 5.74) is -2.73. The molecule has 11 nitrogen and oxygen atoms in total. The molecule has 0 N–H and O–H groups in total. The zero-order chi connectivity index (χ0) is 26.1. The van der Waals surface area contributed by atoms with Gasteiger partial charge in [-0.3, -0.25) is 10.1 Å². The van der Waals surface area contributed by atoms with Crippen LogP contribution < -0.4 is 0 Å². The molecule has 1 saturated heterocycles. The average molecular weight is 504 g/mol. The molecule has 34 heavy (non-hydrogen) atoms. The van der Waals surface area contributed by atoms with Crippen molar-refractivity contribution in [1.82, 2.24) is 9.21 Å². The maximum atomic E-state index is 14.3. The highest BCUT2D eigenvalue weighted by atomic mass is 32.2. The number of alkyl halides is 1. The number of sulfonamides is 1. The second-order valence-corrected chi connectivity index (χ2v) is 11.7. The molecular weight excluding hydrogens is 473 g/mol. The molecule has 13 heteroatoms. The summed E-state index contributed by atoms with van der Waals surface area (Å²) in [7, 11) is -4.82. The maximum absolute atomic E-state index is 14.3. The second kappa shape index (κ2) is 9.72. The van der Waals surface area contributed by atoms with Gasteiger partial charge >= 0.3 is 12.2 Å². The molecule has 0 aliphatic carbocycles. The van der Waals surface area contributed by atoms with Gasteiger partial charge in [-0.15, -0.1) is 0 Å². The Hall–Kier alpha value is -2.96. The molecule has 1 aromatic carbocycles. The molecule has 2 atom stereocenters. The second-order valence-electron chi connectivity index (χ2n) is 9.86. The Kier molecular flexibility index (Phi) is 7.80. The lowest BCUT2D eigenvalue weighted by molar-refractivity contribution is -0.387. The van der Waals surface area contributed by atoms with Crippen LogP contribution in [-0.4, -0.2) is 71.2 Å². The largest absolute Gasteiger partial charge is 0.444 e. The molecule has 190 valence electrons. The Morgan fingerprint density at radius 2 is 1.71 bits per heavy atom. The molecule has 0 aromatic heterocycles. The molecule has 1 aromatic rings. The number of carbonyl (C=O) groups excluding carboxylic acids is 2. The van der Waals surface area contributed by atoms with Crippen molar-refractivity contribution in [3.8, 4) is 0 Å². The molecule has 2 rings (SSSR count). The van der Waals surface area contributed by atoms with Crippen LogP contribution in [0, 0.1) is 10.1 Å². The van der Waals surface area contributed by atoms with Gasteiger partial charge in [-0.2, -0.15) is 4.31 Å². The van der Waals surface area contributed by atoms with Crippen molar-refractivity contribution in [3.05, 3.63) is 34.4 Å². The van der Waals surface area contributed by atoms with Gasteiger partial charge in [0, 0.05) is 12.5 Å². The first-order valence-corrected chi connectivity index (χ1v) is 12.0. The molecule has 1 aliphatic rings. The first-order chi connectivity index (χ1) is 15.4. The first-order valence-electron chi connectivity index (χ1n) is 10.5. The number of ether oxygens (including phenoxy) is 2. The summed E-state index contributed by atoms with van der Waals surface area (Å²) in [6, 6.07) is 3.45. The van der Waals surface area contributed by atoms with Crippen LogP contribution in [0.25, 0.3) is 0 Å². The van der Waals surface area contributed by atoms with Crippen LogP contribution in [-0.2, 0) is 19.5 Å². The summed E-state index contributed by atoms with van der Waals surface area (Å²) in [4.78, 5) is 36.4. The number of benzene rings is 1. The Bertz CT molecular complexity index is 1050. The van der Waals surface area contributed by atoms with Crippen LogP contribution in [0.1, 0.15) is 48.0 Å². The zero-order valence-corrected chi connectivity index (χ0v) is 20.8. The lowest BCUT2D eigenvalue weighted by Crippen LogP contribution is -2.49. The molecular formula is C21H30FN3O8S. The Balaban J connectivity index is 2.50. The highest BCUT2D eigenvalue weighted by Gasteiger charge is 2.44. The fourth-order valence-corrected chi connectivity index (χ4v) is 4.79. The first kappa shape index (κ1) is 27.3. The monoisotopic (exact) mass is 503 g/mol. The van der Waals surface area contributed by atoms with Crippen LogP contribution in [0.5, 0.6) is 0 Å². The van der Waals surface area contributed by atoms with Crippen LogP contribution in [0.2, 0.25) is 0 Å². The van der Waals surface area contributed by atoms with E-state index in [0.717, 1.165) is 17.0 Å². The summed E-state index contributed by atoms with van der Waals surface area (Å²) < 4.78 is 52.0. The van der Waals surface area contributed by atoms with Gasteiger partial charge < -0.3 is 14.4 Å². The van der Waals surface area contributed by atoms with Gasteiger partial charge in [0.25, 0.3) is 15.7 Å². The zero-order valence-electron chi connectivity index (χ0n) is 20.0. The van der Waals surface area contributed by atoms with Gasteiger partial charge in [-0.05, 0) is 47.6 Å². The molecule has 0 saturated carbocycles. The average Bonchev–Trinajstić information content (AvgIpc) is 3.03. The van der Waals surface area contributed by atoms with E-state index in [1.165, 1.54) is 32.9 Å².